The Kier molecular flexibility index (Phi) is 9.61. The maximum atomic E-state index is 12.8. The van der Waals surface area contributed by atoms with Gasteiger partial charge in [0.1, 0.15) is 11.4 Å². The molecule has 2 amide bonds. The van der Waals surface area contributed by atoms with Crippen LogP contribution in [-0.4, -0.2) is 83.0 Å². The number of amides is 2. The molecule has 0 spiro atoms. The summed E-state index contributed by atoms with van der Waals surface area (Å²) >= 11 is 2.84. The Morgan fingerprint density at radius 3 is 2.79 bits per heavy atom. The summed E-state index contributed by atoms with van der Waals surface area (Å²) in [6.45, 7) is 6.36. The molecule has 2 unspecified atom stereocenters. The van der Waals surface area contributed by atoms with Gasteiger partial charge in [-0.05, 0) is 25.3 Å². The largest absolute Gasteiger partial charge is 1.00 e. The van der Waals surface area contributed by atoms with Crippen LogP contribution < -0.4 is 40.0 Å². The molecular formula is C21H25N4NaO6S2. The van der Waals surface area contributed by atoms with Gasteiger partial charge in [-0.3, -0.25) is 19.4 Å². The predicted molar refractivity (Wildman–Crippen MR) is 121 cm³/mol. The van der Waals surface area contributed by atoms with Crippen LogP contribution in [0.3, 0.4) is 0 Å². The topological polar surface area (TPSA) is 124 Å². The minimum Gasteiger partial charge on any atom is -0.543 e. The Morgan fingerprint density at radius 2 is 2.15 bits per heavy atom. The second kappa shape index (κ2) is 12.0. The molecule has 1 N–H and O–H groups in total. The summed E-state index contributed by atoms with van der Waals surface area (Å²) in [5, 5.41) is 19.7. The molecule has 178 valence electrons. The number of rotatable bonds is 8. The number of hydrogen-bond acceptors (Lipinski definition) is 10. The summed E-state index contributed by atoms with van der Waals surface area (Å²) in [6.07, 6.45) is 1.21. The van der Waals surface area contributed by atoms with E-state index in [0.717, 1.165) is 18.0 Å². The van der Waals surface area contributed by atoms with Gasteiger partial charge in [-0.1, -0.05) is 11.2 Å². The van der Waals surface area contributed by atoms with Crippen molar-refractivity contribution in [1.82, 2.24) is 15.1 Å². The summed E-state index contributed by atoms with van der Waals surface area (Å²) < 4.78 is 5.32. The molecule has 2 fully saturated rings. The summed E-state index contributed by atoms with van der Waals surface area (Å²) in [4.78, 5) is 46.7. The number of thiophene rings is 1. The quantitative estimate of drug-likeness (QED) is 0.166. The number of nitrogens with zero attached hydrogens (tertiary/aromatic N) is 3. The SMILES string of the molecule is CC(O/N=C/C1=C(C(=O)[O-])N2C(=O)C(NC(=O)Cc3cccs3)[C@H]2S[C@@H]1C)N1CCOCC1.[Na+]. The number of carbonyl (C=O) groups excluding carboxylic acids is 3. The number of morpholine rings is 1. The monoisotopic (exact) mass is 516 g/mol. The van der Waals surface area contributed by atoms with Gasteiger partial charge in [0.2, 0.25) is 5.91 Å². The fraction of sp³-hybridized carbons (Fsp3) is 0.524. The van der Waals surface area contributed by atoms with Gasteiger partial charge in [-0.15, -0.1) is 23.1 Å². The second-order valence-electron chi connectivity index (χ2n) is 7.86. The van der Waals surface area contributed by atoms with E-state index in [2.05, 4.69) is 15.4 Å². The third kappa shape index (κ3) is 5.86. The molecule has 0 aliphatic carbocycles. The number of carbonyl (C=O) groups is 3. The second-order valence-corrected chi connectivity index (χ2v) is 10.4. The third-order valence-electron chi connectivity index (χ3n) is 5.73. The van der Waals surface area contributed by atoms with E-state index in [9.17, 15) is 19.5 Å². The molecule has 1 aromatic rings. The van der Waals surface area contributed by atoms with Crippen LogP contribution in [0.4, 0.5) is 0 Å². The van der Waals surface area contributed by atoms with Crippen LogP contribution in [0.1, 0.15) is 18.7 Å². The standard InChI is InChI=1S/C21H26N4O6S2.Na/c1-12-15(11-22-31-13(2)24-5-7-30-8-6-24)18(21(28)29)25-19(27)17(20(25)33-12)23-16(26)10-14-4-3-9-32-14;/h3-4,9,11-13,17,20H,5-8,10H2,1-2H3,(H,23,26)(H,28,29);/q;+1/p-1/b22-11+;/t12-,13?,17?,20-;/m1./s1. The zero-order valence-electron chi connectivity index (χ0n) is 19.3. The van der Waals surface area contributed by atoms with Crippen molar-refractivity contribution in [1.29, 1.82) is 0 Å². The first-order chi connectivity index (χ1) is 15.9. The van der Waals surface area contributed by atoms with Gasteiger partial charge in [-0.25, -0.2) is 0 Å². The zero-order valence-corrected chi connectivity index (χ0v) is 22.9. The van der Waals surface area contributed by atoms with Gasteiger partial charge in [0.05, 0.1) is 37.5 Å². The number of thioether (sulfide) groups is 1. The van der Waals surface area contributed by atoms with Crippen molar-refractivity contribution in [3.05, 3.63) is 33.7 Å². The van der Waals surface area contributed by atoms with Gasteiger partial charge >= 0.3 is 29.6 Å². The Bertz CT molecular complexity index is 966. The van der Waals surface area contributed by atoms with Gasteiger partial charge in [-0.2, -0.15) is 0 Å². The Hall–Kier alpha value is -1.41. The van der Waals surface area contributed by atoms with Crippen molar-refractivity contribution in [3.63, 3.8) is 0 Å². The summed E-state index contributed by atoms with van der Waals surface area (Å²) in [5.41, 5.74) is 0.105. The molecule has 0 aromatic carbocycles. The van der Waals surface area contributed by atoms with Crippen LogP contribution in [0.5, 0.6) is 0 Å². The normalized spacial score (nSPS) is 25.9. The number of oxime groups is 1. The van der Waals surface area contributed by atoms with E-state index in [1.54, 1.807) is 0 Å². The molecule has 3 aliphatic heterocycles. The molecule has 34 heavy (non-hydrogen) atoms. The van der Waals surface area contributed by atoms with Gasteiger partial charge < -0.3 is 24.8 Å². The summed E-state index contributed by atoms with van der Waals surface area (Å²) in [5.74, 6) is -2.22. The van der Waals surface area contributed by atoms with Crippen LogP contribution in [0, 0.1) is 0 Å². The molecule has 0 radical (unpaired) electrons. The first-order valence-corrected chi connectivity index (χ1v) is 12.5. The van der Waals surface area contributed by atoms with Crippen molar-refractivity contribution in [2.45, 2.75) is 43.2 Å². The van der Waals surface area contributed by atoms with Crippen molar-refractivity contribution in [2.75, 3.05) is 26.3 Å². The average Bonchev–Trinajstić information content (AvgIpc) is 3.31. The Morgan fingerprint density at radius 1 is 1.41 bits per heavy atom. The molecular weight excluding hydrogens is 491 g/mol. The van der Waals surface area contributed by atoms with Crippen LogP contribution in [-0.2, 0) is 30.4 Å². The molecule has 4 rings (SSSR count). The number of fused-ring (bicyclic) bond motifs is 1. The van der Waals surface area contributed by atoms with Crippen LogP contribution >= 0.6 is 23.1 Å². The van der Waals surface area contributed by atoms with E-state index in [1.165, 1.54) is 34.2 Å². The number of nitrogens with one attached hydrogen (secondary N) is 1. The van der Waals surface area contributed by atoms with E-state index in [1.807, 2.05) is 31.4 Å². The first kappa shape index (κ1) is 27.2. The van der Waals surface area contributed by atoms with Crippen molar-refractivity contribution in [3.8, 4) is 0 Å². The Balaban J connectivity index is 0.00000324. The molecule has 0 saturated carbocycles. The maximum absolute atomic E-state index is 12.8. The van der Waals surface area contributed by atoms with Gasteiger partial charge in [0.15, 0.2) is 6.23 Å². The third-order valence-corrected chi connectivity index (χ3v) is 8.03. The van der Waals surface area contributed by atoms with Crippen LogP contribution in [0.2, 0.25) is 0 Å². The summed E-state index contributed by atoms with van der Waals surface area (Å²) in [7, 11) is 0. The molecule has 4 heterocycles. The number of aliphatic carboxylic acids is 1. The molecule has 4 atom stereocenters. The molecule has 0 bridgehead atoms. The smallest absolute Gasteiger partial charge is 0.543 e. The van der Waals surface area contributed by atoms with E-state index in [4.69, 9.17) is 9.57 Å². The van der Waals surface area contributed by atoms with E-state index >= 15 is 0 Å². The Labute approximate surface area is 228 Å². The fourth-order valence-electron chi connectivity index (χ4n) is 3.95. The number of ether oxygens (including phenoxy) is 1. The van der Waals surface area contributed by atoms with Crippen LogP contribution in [0.15, 0.2) is 33.9 Å². The zero-order chi connectivity index (χ0) is 23.5. The van der Waals surface area contributed by atoms with Crippen molar-refractivity contribution in [2.24, 2.45) is 5.16 Å². The molecule has 2 saturated heterocycles. The summed E-state index contributed by atoms with van der Waals surface area (Å²) in [6, 6.07) is 2.92. The minimum atomic E-state index is -1.47. The van der Waals surface area contributed by atoms with E-state index in [-0.39, 0.29) is 59.1 Å². The fourth-order valence-corrected chi connectivity index (χ4v) is 6.06. The van der Waals surface area contributed by atoms with Crippen molar-refractivity contribution >= 4 is 47.1 Å². The molecule has 10 nitrogen and oxygen atoms in total. The van der Waals surface area contributed by atoms with Crippen molar-refractivity contribution < 1.29 is 58.6 Å². The number of hydrogen-bond donors (Lipinski definition) is 1. The minimum absolute atomic E-state index is 0. The van der Waals surface area contributed by atoms with Gasteiger partial charge in [0, 0.05) is 28.8 Å². The number of carboxylic acids is 1. The molecule has 3 aliphatic rings. The van der Waals surface area contributed by atoms with Crippen LogP contribution in [0.25, 0.3) is 0 Å². The number of β-lactam (4-membered cyclic amide) rings is 1. The molecule has 13 heteroatoms. The first-order valence-electron chi connectivity index (χ1n) is 10.6. The maximum Gasteiger partial charge on any atom is 1.00 e. The van der Waals surface area contributed by atoms with Gasteiger partial charge in [0.25, 0.3) is 5.91 Å². The number of carboxylic acid groups (broad SMARTS) is 1. The predicted octanol–water partition coefficient (Wildman–Crippen LogP) is -3.23. The van der Waals surface area contributed by atoms with E-state index in [0.29, 0.717) is 18.8 Å². The average molecular weight is 517 g/mol. The molecule has 1 aromatic heterocycles. The van der Waals surface area contributed by atoms with E-state index < -0.39 is 23.3 Å².